The van der Waals surface area contributed by atoms with Crippen molar-refractivity contribution in [2.24, 2.45) is 4.99 Å². The molecule has 144 valence electrons. The highest BCUT2D eigenvalue weighted by atomic mass is 19.1. The van der Waals surface area contributed by atoms with Gasteiger partial charge in [0.15, 0.2) is 0 Å². The third kappa shape index (κ3) is 4.94. The third-order valence-electron chi connectivity index (χ3n) is 4.02. The summed E-state index contributed by atoms with van der Waals surface area (Å²) in [7, 11) is 0. The molecule has 2 aromatic rings. The van der Waals surface area contributed by atoms with Crippen LogP contribution in [0, 0.1) is 5.82 Å². The van der Waals surface area contributed by atoms with E-state index in [4.69, 9.17) is 0 Å². The minimum Gasteiger partial charge on any atom is -0.510 e. The molecule has 0 aliphatic carbocycles. The van der Waals surface area contributed by atoms with Gasteiger partial charge in [0.1, 0.15) is 17.1 Å². The van der Waals surface area contributed by atoms with Gasteiger partial charge in [0.25, 0.3) is 5.91 Å². The standard InChI is InChI=1S/C20H19FN4O3/c21-13-6-8-15(9-7-13)24-25-18(27)11-10-16(19-17(26)12-22-20(19)28)23-14-4-2-1-3-5-14/h1-9,24,26H,10-12H2,(H,22,28)(H,25,27). The molecule has 0 radical (unpaired) electrons. The van der Waals surface area contributed by atoms with E-state index in [1.807, 2.05) is 6.07 Å². The Morgan fingerprint density at radius 2 is 1.82 bits per heavy atom. The summed E-state index contributed by atoms with van der Waals surface area (Å²) in [6.07, 6.45) is 0.183. The summed E-state index contributed by atoms with van der Waals surface area (Å²) in [4.78, 5) is 28.6. The molecule has 2 amide bonds. The molecule has 3 rings (SSSR count). The summed E-state index contributed by atoms with van der Waals surface area (Å²) in [5.74, 6) is -1.23. The second-order valence-electron chi connectivity index (χ2n) is 6.08. The number of aliphatic imine (C=N–C) groups is 1. The van der Waals surface area contributed by atoms with Crippen molar-refractivity contribution in [3.05, 3.63) is 71.7 Å². The van der Waals surface area contributed by atoms with Gasteiger partial charge < -0.3 is 10.4 Å². The zero-order valence-corrected chi connectivity index (χ0v) is 14.9. The normalized spacial score (nSPS) is 14.0. The lowest BCUT2D eigenvalue weighted by Crippen LogP contribution is -2.30. The number of carbonyl (C=O) groups excluding carboxylic acids is 2. The van der Waals surface area contributed by atoms with Crippen molar-refractivity contribution in [2.75, 3.05) is 12.0 Å². The van der Waals surface area contributed by atoms with Gasteiger partial charge in [-0.3, -0.25) is 25.4 Å². The largest absolute Gasteiger partial charge is 0.510 e. The topological polar surface area (TPSA) is 103 Å². The van der Waals surface area contributed by atoms with E-state index in [1.165, 1.54) is 24.3 Å². The average Bonchev–Trinajstić information content (AvgIpc) is 3.04. The summed E-state index contributed by atoms with van der Waals surface area (Å²) in [6, 6.07) is 14.5. The van der Waals surface area contributed by atoms with Crippen molar-refractivity contribution in [1.82, 2.24) is 10.7 Å². The lowest BCUT2D eigenvalue weighted by atomic mass is 10.0. The zero-order valence-electron chi connectivity index (χ0n) is 14.9. The molecule has 7 nitrogen and oxygen atoms in total. The van der Waals surface area contributed by atoms with Crippen molar-refractivity contribution in [2.45, 2.75) is 12.8 Å². The van der Waals surface area contributed by atoms with Gasteiger partial charge in [-0.15, -0.1) is 0 Å². The molecule has 0 unspecified atom stereocenters. The monoisotopic (exact) mass is 382 g/mol. The molecule has 0 spiro atoms. The Labute approximate surface area is 161 Å². The molecule has 4 N–H and O–H groups in total. The van der Waals surface area contributed by atoms with Gasteiger partial charge >= 0.3 is 0 Å². The van der Waals surface area contributed by atoms with Crippen LogP contribution in [0.3, 0.4) is 0 Å². The van der Waals surface area contributed by atoms with Crippen LogP contribution in [-0.4, -0.2) is 29.2 Å². The first-order chi connectivity index (χ1) is 13.5. The van der Waals surface area contributed by atoms with E-state index in [2.05, 4.69) is 21.2 Å². The maximum atomic E-state index is 12.9. The van der Waals surface area contributed by atoms with E-state index in [0.717, 1.165) is 0 Å². The Hall–Kier alpha value is -3.68. The highest BCUT2D eigenvalue weighted by Gasteiger charge is 2.27. The summed E-state index contributed by atoms with van der Waals surface area (Å²) in [5.41, 5.74) is 6.76. The lowest BCUT2D eigenvalue weighted by Gasteiger charge is -2.10. The minimum absolute atomic E-state index is 0.0317. The van der Waals surface area contributed by atoms with Gasteiger partial charge in [-0.1, -0.05) is 18.2 Å². The van der Waals surface area contributed by atoms with Crippen LogP contribution in [0.15, 0.2) is 70.9 Å². The molecule has 0 fully saturated rings. The molecule has 0 aromatic heterocycles. The fraction of sp³-hybridized carbons (Fsp3) is 0.150. The van der Waals surface area contributed by atoms with Gasteiger partial charge in [0.05, 0.1) is 23.6 Å². The number of nitrogens with one attached hydrogen (secondary N) is 3. The highest BCUT2D eigenvalue weighted by Crippen LogP contribution is 2.19. The smallest absolute Gasteiger partial charge is 0.257 e. The van der Waals surface area contributed by atoms with Crippen molar-refractivity contribution in [1.29, 1.82) is 0 Å². The number of para-hydroxylation sites is 1. The number of anilines is 1. The number of hydrogen-bond donors (Lipinski definition) is 4. The third-order valence-corrected chi connectivity index (χ3v) is 4.02. The number of amides is 2. The maximum absolute atomic E-state index is 12.9. The first-order valence-corrected chi connectivity index (χ1v) is 8.66. The Kier molecular flexibility index (Phi) is 6.01. The van der Waals surface area contributed by atoms with Crippen LogP contribution >= 0.6 is 0 Å². The average molecular weight is 382 g/mol. The number of hydrazine groups is 1. The van der Waals surface area contributed by atoms with E-state index in [0.29, 0.717) is 17.1 Å². The van der Waals surface area contributed by atoms with Crippen LogP contribution in [0.5, 0.6) is 0 Å². The van der Waals surface area contributed by atoms with Gasteiger partial charge in [0, 0.05) is 6.42 Å². The zero-order chi connectivity index (χ0) is 19.9. The highest BCUT2D eigenvalue weighted by molar-refractivity contribution is 6.24. The second kappa shape index (κ2) is 8.81. The fourth-order valence-electron chi connectivity index (χ4n) is 2.63. The number of aliphatic hydroxyl groups excluding tert-OH is 1. The molecule has 28 heavy (non-hydrogen) atoms. The maximum Gasteiger partial charge on any atom is 0.257 e. The number of hydrogen-bond acceptors (Lipinski definition) is 5. The Bertz CT molecular complexity index is 924. The van der Waals surface area contributed by atoms with Gasteiger partial charge in [-0.25, -0.2) is 4.39 Å². The molecular weight excluding hydrogens is 363 g/mol. The number of benzene rings is 2. The molecule has 0 atom stereocenters. The molecule has 0 bridgehead atoms. The van der Waals surface area contributed by atoms with E-state index in [9.17, 15) is 19.1 Å². The summed E-state index contributed by atoms with van der Waals surface area (Å²) >= 11 is 0. The quantitative estimate of drug-likeness (QED) is 0.437. The Morgan fingerprint density at radius 3 is 2.46 bits per heavy atom. The van der Waals surface area contributed by atoms with E-state index in [-0.39, 0.29) is 42.4 Å². The molecular formula is C20H19FN4O3. The predicted octanol–water partition coefficient (Wildman–Crippen LogP) is 2.76. The van der Waals surface area contributed by atoms with Crippen LogP contribution in [-0.2, 0) is 9.59 Å². The number of rotatable bonds is 7. The number of carbonyl (C=O) groups is 2. The number of aliphatic hydroxyl groups is 1. The number of nitrogens with zero attached hydrogens (tertiary/aromatic N) is 1. The summed E-state index contributed by atoms with van der Waals surface area (Å²) < 4.78 is 12.9. The summed E-state index contributed by atoms with van der Waals surface area (Å²) in [6.45, 7) is 0.0420. The van der Waals surface area contributed by atoms with E-state index < -0.39 is 5.91 Å². The van der Waals surface area contributed by atoms with Crippen LogP contribution in [0.2, 0.25) is 0 Å². The molecule has 1 aliphatic heterocycles. The van der Waals surface area contributed by atoms with E-state index in [1.54, 1.807) is 24.3 Å². The first-order valence-electron chi connectivity index (χ1n) is 8.66. The second-order valence-corrected chi connectivity index (χ2v) is 6.08. The summed E-state index contributed by atoms with van der Waals surface area (Å²) in [5, 5.41) is 12.6. The predicted molar refractivity (Wildman–Crippen MR) is 104 cm³/mol. The van der Waals surface area contributed by atoms with Crippen molar-refractivity contribution < 1.29 is 19.1 Å². The van der Waals surface area contributed by atoms with Crippen LogP contribution < -0.4 is 16.2 Å². The Balaban J connectivity index is 1.67. The van der Waals surface area contributed by atoms with Crippen molar-refractivity contribution in [3.8, 4) is 0 Å². The molecule has 1 aliphatic rings. The Morgan fingerprint density at radius 1 is 1.11 bits per heavy atom. The molecule has 1 heterocycles. The van der Waals surface area contributed by atoms with Gasteiger partial charge in [-0.05, 0) is 42.8 Å². The number of halogens is 1. The SMILES string of the molecule is O=C(CCC(=Nc1ccccc1)C1=C(O)CNC1=O)NNc1ccc(F)cc1. The fourth-order valence-corrected chi connectivity index (χ4v) is 2.63. The lowest BCUT2D eigenvalue weighted by molar-refractivity contribution is -0.120. The van der Waals surface area contributed by atoms with Crippen molar-refractivity contribution in [3.63, 3.8) is 0 Å². The van der Waals surface area contributed by atoms with Crippen LogP contribution in [0.1, 0.15) is 12.8 Å². The van der Waals surface area contributed by atoms with Crippen LogP contribution in [0.25, 0.3) is 0 Å². The molecule has 0 saturated carbocycles. The van der Waals surface area contributed by atoms with Gasteiger partial charge in [-0.2, -0.15) is 0 Å². The van der Waals surface area contributed by atoms with Crippen molar-refractivity contribution >= 4 is 28.9 Å². The minimum atomic E-state index is -0.419. The van der Waals surface area contributed by atoms with Gasteiger partial charge in [0.2, 0.25) is 5.91 Å². The van der Waals surface area contributed by atoms with Crippen LogP contribution in [0.4, 0.5) is 15.8 Å². The molecule has 2 aromatic carbocycles. The molecule has 8 heteroatoms. The van der Waals surface area contributed by atoms with E-state index >= 15 is 0 Å². The first kappa shape index (κ1) is 19.1. The molecule has 0 saturated heterocycles.